The van der Waals surface area contributed by atoms with Crippen molar-refractivity contribution in [1.82, 2.24) is 10.2 Å². The van der Waals surface area contributed by atoms with Crippen LogP contribution < -0.4 is 20.6 Å². The van der Waals surface area contributed by atoms with E-state index in [0.717, 1.165) is 11.2 Å². The third kappa shape index (κ3) is 2.18. The first-order chi connectivity index (χ1) is 7.27. The van der Waals surface area contributed by atoms with Gasteiger partial charge in [-0.05, 0) is 34.5 Å². The molecule has 73 valence electrons. The Morgan fingerprint density at radius 2 is 1.40 bits per heavy atom. The van der Waals surface area contributed by atoms with Gasteiger partial charge in [0.2, 0.25) is 0 Å². The Morgan fingerprint density at radius 3 is 1.80 bits per heavy atom. The first-order valence-corrected chi connectivity index (χ1v) is 4.75. The van der Waals surface area contributed by atoms with Crippen molar-refractivity contribution < 1.29 is 9.36 Å². The third-order valence-electron chi connectivity index (χ3n) is 2.23. The Hall–Kier alpha value is -1.78. The summed E-state index contributed by atoms with van der Waals surface area (Å²) in [6.07, 6.45) is 3.53. The van der Waals surface area contributed by atoms with Crippen LogP contribution in [0, 0.1) is 0 Å². The second-order valence-electron chi connectivity index (χ2n) is 3.29. The minimum atomic E-state index is 1.04. The van der Waals surface area contributed by atoms with Gasteiger partial charge in [0.15, 0.2) is 25.3 Å². The first-order valence-electron chi connectivity index (χ1n) is 4.75. The summed E-state index contributed by atoms with van der Waals surface area (Å²) in [5.41, 5.74) is 2.09. The molecular formula is C10H12BN4+2. The van der Waals surface area contributed by atoms with Crippen molar-refractivity contribution in [2.75, 3.05) is 0 Å². The molecule has 5 heteroatoms. The minimum absolute atomic E-state index is 1.04. The Morgan fingerprint density at radius 1 is 0.933 bits per heavy atom. The van der Waals surface area contributed by atoms with Crippen molar-refractivity contribution in [1.29, 1.82) is 0 Å². The molecule has 2 aromatic rings. The monoisotopic (exact) mass is 199 g/mol. The summed E-state index contributed by atoms with van der Waals surface area (Å²) in [6, 6.07) is 7.87. The van der Waals surface area contributed by atoms with Crippen LogP contribution in [0.15, 0.2) is 36.7 Å². The van der Waals surface area contributed by atoms with Crippen molar-refractivity contribution in [3.8, 4) is 0 Å². The summed E-state index contributed by atoms with van der Waals surface area (Å²) in [5, 5.41) is 8.32. The highest BCUT2D eigenvalue weighted by molar-refractivity contribution is 6.64. The second kappa shape index (κ2) is 4.17. The standard InChI is InChI=1S/C10H12BN4/c1-14-9(5-3-7-12-14)11-10-6-4-8-13-15(10)2/h3-8H,1-2H3/q+2. The Kier molecular flexibility index (Phi) is 2.71. The highest BCUT2D eigenvalue weighted by Crippen LogP contribution is 1.72. The zero-order valence-corrected chi connectivity index (χ0v) is 8.83. The van der Waals surface area contributed by atoms with Crippen molar-refractivity contribution in [3.63, 3.8) is 0 Å². The molecule has 0 aromatic carbocycles. The van der Waals surface area contributed by atoms with Crippen molar-refractivity contribution >= 4 is 18.5 Å². The number of hydrogen-bond donors (Lipinski definition) is 0. The maximum atomic E-state index is 4.16. The lowest BCUT2D eigenvalue weighted by Crippen LogP contribution is -2.61. The second-order valence-corrected chi connectivity index (χ2v) is 3.29. The van der Waals surface area contributed by atoms with Gasteiger partial charge < -0.3 is 0 Å². The van der Waals surface area contributed by atoms with Gasteiger partial charge in [-0.15, -0.1) is 9.36 Å². The van der Waals surface area contributed by atoms with Crippen LogP contribution in [-0.2, 0) is 14.1 Å². The van der Waals surface area contributed by atoms with E-state index in [4.69, 9.17) is 0 Å². The van der Waals surface area contributed by atoms with Gasteiger partial charge in [0, 0.05) is 0 Å². The zero-order chi connectivity index (χ0) is 10.7. The van der Waals surface area contributed by atoms with Crippen LogP contribution in [0.25, 0.3) is 0 Å². The molecule has 0 aliphatic rings. The molecule has 4 nitrogen and oxygen atoms in total. The first kappa shape index (κ1) is 9.77. The predicted molar refractivity (Wildman–Crippen MR) is 55.8 cm³/mol. The number of hydrogen-bond acceptors (Lipinski definition) is 2. The van der Waals surface area contributed by atoms with Crippen molar-refractivity contribution in [2.24, 2.45) is 14.1 Å². The molecule has 2 rings (SSSR count). The largest absolute Gasteiger partial charge is 0.376 e. The minimum Gasteiger partial charge on any atom is -0.101 e. The fourth-order valence-electron chi connectivity index (χ4n) is 1.34. The molecule has 1 radical (unpaired) electrons. The molecule has 2 heterocycles. The fraction of sp³-hybridized carbons (Fsp3) is 0.200. The van der Waals surface area contributed by atoms with Crippen LogP contribution in [0.5, 0.6) is 0 Å². The maximum Gasteiger partial charge on any atom is 0.376 e. The van der Waals surface area contributed by atoms with E-state index in [1.54, 1.807) is 12.4 Å². The van der Waals surface area contributed by atoms with Gasteiger partial charge >= 0.3 is 7.28 Å². The molecule has 0 amide bonds. The lowest BCUT2D eigenvalue weighted by atomic mass is 9.70. The Labute approximate surface area is 89.4 Å². The van der Waals surface area contributed by atoms with Crippen LogP contribution in [0.2, 0.25) is 0 Å². The third-order valence-corrected chi connectivity index (χ3v) is 2.23. The van der Waals surface area contributed by atoms with E-state index in [9.17, 15) is 0 Å². The van der Waals surface area contributed by atoms with Crippen LogP contribution in [0.3, 0.4) is 0 Å². The van der Waals surface area contributed by atoms with Gasteiger partial charge in [0.25, 0.3) is 0 Å². The summed E-state index contributed by atoms with van der Waals surface area (Å²) < 4.78 is 3.65. The van der Waals surface area contributed by atoms with E-state index in [1.807, 2.05) is 55.0 Å². The van der Waals surface area contributed by atoms with Crippen LogP contribution in [-0.4, -0.2) is 17.5 Å². The average Bonchev–Trinajstić information content (AvgIpc) is 2.24. The highest BCUT2D eigenvalue weighted by Gasteiger charge is 2.17. The summed E-state index contributed by atoms with van der Waals surface area (Å²) in [5.74, 6) is 0. The highest BCUT2D eigenvalue weighted by atomic mass is 15.2. The topological polar surface area (TPSA) is 33.5 Å². The molecule has 0 saturated heterocycles. The number of nitrogens with zero attached hydrogens (tertiary/aromatic N) is 4. The number of aryl methyl sites for hydroxylation is 2. The van der Waals surface area contributed by atoms with Crippen LogP contribution in [0.4, 0.5) is 0 Å². The molecule has 0 spiro atoms. The summed E-state index contributed by atoms with van der Waals surface area (Å²) in [4.78, 5) is 0. The molecule has 0 fully saturated rings. The SMILES string of the molecule is C[n+]1ncccc1[B]c1cccn[n+]1C. The smallest absolute Gasteiger partial charge is 0.101 e. The van der Waals surface area contributed by atoms with Gasteiger partial charge in [0.1, 0.15) is 0 Å². The Bertz CT molecular complexity index is 429. The van der Waals surface area contributed by atoms with Crippen LogP contribution in [0.1, 0.15) is 0 Å². The maximum absolute atomic E-state index is 4.16. The molecule has 0 atom stereocenters. The van der Waals surface area contributed by atoms with E-state index < -0.39 is 0 Å². The van der Waals surface area contributed by atoms with E-state index in [0.29, 0.717) is 0 Å². The zero-order valence-electron chi connectivity index (χ0n) is 8.83. The fourth-order valence-corrected chi connectivity index (χ4v) is 1.34. The van der Waals surface area contributed by atoms with Gasteiger partial charge in [0.05, 0.1) is 12.4 Å². The van der Waals surface area contributed by atoms with E-state index >= 15 is 0 Å². The summed E-state index contributed by atoms with van der Waals surface area (Å²) in [7, 11) is 5.88. The summed E-state index contributed by atoms with van der Waals surface area (Å²) in [6.45, 7) is 0. The van der Waals surface area contributed by atoms with Crippen molar-refractivity contribution in [2.45, 2.75) is 0 Å². The molecule has 15 heavy (non-hydrogen) atoms. The molecule has 0 aliphatic heterocycles. The van der Waals surface area contributed by atoms with Gasteiger partial charge in [-0.2, -0.15) is 0 Å². The molecule has 0 unspecified atom stereocenters. The normalized spacial score (nSPS) is 10.0. The summed E-state index contributed by atoms with van der Waals surface area (Å²) >= 11 is 0. The average molecular weight is 199 g/mol. The van der Waals surface area contributed by atoms with E-state index in [-0.39, 0.29) is 0 Å². The van der Waals surface area contributed by atoms with Crippen molar-refractivity contribution in [3.05, 3.63) is 36.7 Å². The molecule has 0 aliphatic carbocycles. The van der Waals surface area contributed by atoms with E-state index in [2.05, 4.69) is 10.2 Å². The van der Waals surface area contributed by atoms with Gasteiger partial charge in [-0.25, -0.2) is 0 Å². The molecule has 0 saturated carbocycles. The molecule has 0 bridgehead atoms. The lowest BCUT2D eigenvalue weighted by Gasteiger charge is -1.94. The quantitative estimate of drug-likeness (QED) is 0.405. The van der Waals surface area contributed by atoms with Crippen LogP contribution >= 0.6 is 0 Å². The number of rotatable bonds is 2. The van der Waals surface area contributed by atoms with E-state index in [1.165, 1.54) is 0 Å². The van der Waals surface area contributed by atoms with Gasteiger partial charge in [-0.3, -0.25) is 0 Å². The molecule has 0 N–H and O–H groups in total. The molecule has 2 aromatic heterocycles. The Balaban J connectivity index is 2.30. The van der Waals surface area contributed by atoms with Gasteiger partial charge in [-0.1, -0.05) is 0 Å². The molecular weight excluding hydrogens is 187 g/mol. The number of aromatic nitrogens is 4. The lowest BCUT2D eigenvalue weighted by molar-refractivity contribution is -0.718. The predicted octanol–water partition coefficient (Wildman–Crippen LogP) is -2.22.